The number of aromatic carboxylic acids is 1. The molecule has 0 bridgehead atoms. The first-order valence-electron chi connectivity index (χ1n) is 5.91. The van der Waals surface area contributed by atoms with Crippen LogP contribution < -0.4 is 5.32 Å². The predicted molar refractivity (Wildman–Crippen MR) is 72.2 cm³/mol. The van der Waals surface area contributed by atoms with Crippen molar-refractivity contribution < 1.29 is 9.90 Å². The Bertz CT molecular complexity index is 611. The quantitative estimate of drug-likeness (QED) is 0.879. The fourth-order valence-electron chi connectivity index (χ4n) is 1.87. The van der Waals surface area contributed by atoms with Crippen molar-refractivity contribution in [3.05, 3.63) is 53.1 Å². The van der Waals surface area contributed by atoms with Gasteiger partial charge in [0.25, 0.3) is 0 Å². The summed E-state index contributed by atoms with van der Waals surface area (Å²) in [5.74, 6) is -1.02. The van der Waals surface area contributed by atoms with Crippen LogP contribution in [0.1, 0.15) is 27.2 Å². The molecule has 0 fully saturated rings. The highest BCUT2D eigenvalue weighted by Gasteiger charge is 2.11. The van der Waals surface area contributed by atoms with Crippen LogP contribution in [-0.2, 0) is 6.54 Å². The van der Waals surface area contributed by atoms with Gasteiger partial charge in [-0.3, -0.25) is 0 Å². The topological polar surface area (TPSA) is 75.1 Å². The standard InChI is InChI=1S/C14H15N3O2/c1-9-3-4-12(10(2)5-9)16-7-13-11(14(18)19)6-15-8-17-13/h3-6,8,16H,7H2,1-2H3,(H,18,19). The van der Waals surface area contributed by atoms with E-state index < -0.39 is 5.97 Å². The van der Waals surface area contributed by atoms with E-state index in [-0.39, 0.29) is 5.56 Å². The fourth-order valence-corrected chi connectivity index (χ4v) is 1.87. The molecule has 0 unspecified atom stereocenters. The van der Waals surface area contributed by atoms with Gasteiger partial charge in [0.1, 0.15) is 11.9 Å². The van der Waals surface area contributed by atoms with Crippen LogP contribution in [0, 0.1) is 13.8 Å². The highest BCUT2D eigenvalue weighted by molar-refractivity contribution is 5.88. The van der Waals surface area contributed by atoms with E-state index in [1.54, 1.807) is 0 Å². The molecule has 0 amide bonds. The predicted octanol–water partition coefficient (Wildman–Crippen LogP) is 2.40. The molecule has 0 aliphatic heterocycles. The second-order valence-electron chi connectivity index (χ2n) is 4.36. The Hall–Kier alpha value is -2.43. The second kappa shape index (κ2) is 5.48. The molecule has 0 atom stereocenters. The number of aromatic nitrogens is 2. The van der Waals surface area contributed by atoms with E-state index in [1.165, 1.54) is 18.1 Å². The summed E-state index contributed by atoms with van der Waals surface area (Å²) in [4.78, 5) is 18.8. The maximum absolute atomic E-state index is 11.0. The summed E-state index contributed by atoms with van der Waals surface area (Å²) in [6.07, 6.45) is 2.67. The summed E-state index contributed by atoms with van der Waals surface area (Å²) in [5, 5.41) is 12.2. The number of hydrogen-bond acceptors (Lipinski definition) is 4. The van der Waals surface area contributed by atoms with Gasteiger partial charge in [0, 0.05) is 11.9 Å². The molecule has 1 aromatic heterocycles. The summed E-state index contributed by atoms with van der Waals surface area (Å²) in [7, 11) is 0. The van der Waals surface area contributed by atoms with E-state index in [4.69, 9.17) is 5.11 Å². The van der Waals surface area contributed by atoms with Crippen molar-refractivity contribution in [2.24, 2.45) is 0 Å². The minimum absolute atomic E-state index is 0.125. The maximum atomic E-state index is 11.0. The zero-order valence-electron chi connectivity index (χ0n) is 10.8. The smallest absolute Gasteiger partial charge is 0.339 e. The van der Waals surface area contributed by atoms with Crippen LogP contribution in [0.4, 0.5) is 5.69 Å². The summed E-state index contributed by atoms with van der Waals surface area (Å²) in [6, 6.07) is 6.06. The third-order valence-electron chi connectivity index (χ3n) is 2.85. The molecule has 98 valence electrons. The van der Waals surface area contributed by atoms with Crippen LogP contribution in [-0.4, -0.2) is 21.0 Å². The van der Waals surface area contributed by atoms with Gasteiger partial charge in [-0.1, -0.05) is 17.7 Å². The number of nitrogens with zero attached hydrogens (tertiary/aromatic N) is 2. The number of carboxylic acid groups (broad SMARTS) is 1. The number of carbonyl (C=O) groups is 1. The molecule has 1 aromatic carbocycles. The van der Waals surface area contributed by atoms with Crippen LogP contribution in [0.15, 0.2) is 30.7 Å². The van der Waals surface area contributed by atoms with Gasteiger partial charge >= 0.3 is 5.97 Å². The third kappa shape index (κ3) is 3.07. The molecule has 1 heterocycles. The molecule has 0 saturated carbocycles. The van der Waals surface area contributed by atoms with Crippen molar-refractivity contribution in [1.82, 2.24) is 9.97 Å². The summed E-state index contributed by atoms with van der Waals surface area (Å²) < 4.78 is 0. The summed E-state index contributed by atoms with van der Waals surface area (Å²) >= 11 is 0. The fraction of sp³-hybridized carbons (Fsp3) is 0.214. The molecule has 5 heteroatoms. The lowest BCUT2D eigenvalue weighted by Crippen LogP contribution is -2.10. The van der Waals surface area contributed by atoms with E-state index in [0.717, 1.165) is 11.3 Å². The van der Waals surface area contributed by atoms with Crippen molar-refractivity contribution in [3.63, 3.8) is 0 Å². The SMILES string of the molecule is Cc1ccc(NCc2ncncc2C(=O)O)c(C)c1. The minimum Gasteiger partial charge on any atom is -0.478 e. The first-order chi connectivity index (χ1) is 9.08. The van der Waals surface area contributed by atoms with Crippen molar-refractivity contribution in [3.8, 4) is 0 Å². The molecular formula is C14H15N3O2. The first kappa shape index (κ1) is 13.0. The van der Waals surface area contributed by atoms with Crippen LogP contribution in [0.25, 0.3) is 0 Å². The van der Waals surface area contributed by atoms with Gasteiger partial charge in [-0.05, 0) is 25.5 Å². The Morgan fingerprint density at radius 2 is 2.16 bits per heavy atom. The van der Waals surface area contributed by atoms with Crippen molar-refractivity contribution in [2.45, 2.75) is 20.4 Å². The molecule has 5 nitrogen and oxygen atoms in total. The first-order valence-corrected chi connectivity index (χ1v) is 5.91. The van der Waals surface area contributed by atoms with Crippen molar-refractivity contribution in [2.75, 3.05) is 5.32 Å². The molecule has 19 heavy (non-hydrogen) atoms. The molecule has 2 aromatic rings. The third-order valence-corrected chi connectivity index (χ3v) is 2.85. The van der Waals surface area contributed by atoms with E-state index in [1.807, 2.05) is 26.0 Å². The van der Waals surface area contributed by atoms with Crippen LogP contribution in [0.2, 0.25) is 0 Å². The van der Waals surface area contributed by atoms with Gasteiger partial charge < -0.3 is 10.4 Å². The van der Waals surface area contributed by atoms with Gasteiger partial charge in [-0.25, -0.2) is 14.8 Å². The molecule has 2 N–H and O–H groups in total. The molecule has 2 rings (SSSR count). The number of benzene rings is 1. The number of carboxylic acids is 1. The Morgan fingerprint density at radius 3 is 2.84 bits per heavy atom. The normalized spacial score (nSPS) is 10.2. The molecule has 0 radical (unpaired) electrons. The van der Waals surface area contributed by atoms with Gasteiger partial charge in [-0.15, -0.1) is 0 Å². The van der Waals surface area contributed by atoms with Gasteiger partial charge in [0.2, 0.25) is 0 Å². The Balaban J connectivity index is 2.17. The number of rotatable bonds is 4. The van der Waals surface area contributed by atoms with Crippen LogP contribution in [0.5, 0.6) is 0 Å². The highest BCUT2D eigenvalue weighted by Crippen LogP contribution is 2.17. The van der Waals surface area contributed by atoms with E-state index >= 15 is 0 Å². The number of hydrogen-bond donors (Lipinski definition) is 2. The molecular weight excluding hydrogens is 242 g/mol. The van der Waals surface area contributed by atoms with E-state index in [9.17, 15) is 4.79 Å². The molecule has 0 aliphatic carbocycles. The van der Waals surface area contributed by atoms with Gasteiger partial charge in [-0.2, -0.15) is 0 Å². The highest BCUT2D eigenvalue weighted by atomic mass is 16.4. The average Bonchev–Trinajstić information content (AvgIpc) is 2.38. The maximum Gasteiger partial charge on any atom is 0.339 e. The summed E-state index contributed by atoms with van der Waals surface area (Å²) in [5.41, 5.74) is 3.88. The van der Waals surface area contributed by atoms with Gasteiger partial charge in [0.05, 0.1) is 12.2 Å². The monoisotopic (exact) mass is 257 g/mol. The second-order valence-corrected chi connectivity index (χ2v) is 4.36. The van der Waals surface area contributed by atoms with Crippen LogP contribution >= 0.6 is 0 Å². The van der Waals surface area contributed by atoms with Crippen molar-refractivity contribution >= 4 is 11.7 Å². The lowest BCUT2D eigenvalue weighted by molar-refractivity contribution is 0.0694. The number of anilines is 1. The lowest BCUT2D eigenvalue weighted by atomic mass is 10.1. The number of aryl methyl sites for hydroxylation is 2. The zero-order chi connectivity index (χ0) is 13.8. The lowest BCUT2D eigenvalue weighted by Gasteiger charge is -2.10. The van der Waals surface area contributed by atoms with E-state index in [2.05, 4.69) is 21.4 Å². The molecule has 0 aliphatic rings. The zero-order valence-corrected chi connectivity index (χ0v) is 10.8. The minimum atomic E-state index is -1.02. The van der Waals surface area contributed by atoms with Gasteiger partial charge in [0.15, 0.2) is 0 Å². The van der Waals surface area contributed by atoms with E-state index in [0.29, 0.717) is 12.2 Å². The Labute approximate surface area is 111 Å². The average molecular weight is 257 g/mol. The largest absolute Gasteiger partial charge is 0.478 e. The Kier molecular flexibility index (Phi) is 3.75. The molecule has 0 spiro atoms. The Morgan fingerprint density at radius 1 is 1.37 bits per heavy atom. The number of nitrogens with one attached hydrogen (secondary N) is 1. The summed E-state index contributed by atoms with van der Waals surface area (Å²) in [6.45, 7) is 4.39. The molecule has 0 saturated heterocycles. The van der Waals surface area contributed by atoms with Crippen molar-refractivity contribution in [1.29, 1.82) is 0 Å². The van der Waals surface area contributed by atoms with Crippen LogP contribution in [0.3, 0.4) is 0 Å².